The maximum Gasteiger partial charge on any atom is 0.322 e. The van der Waals surface area contributed by atoms with Gasteiger partial charge in [-0.25, -0.2) is 4.79 Å². The molecule has 0 radical (unpaired) electrons. The molecule has 0 bridgehead atoms. The van der Waals surface area contributed by atoms with Crippen molar-refractivity contribution >= 4 is 17.6 Å². The summed E-state index contributed by atoms with van der Waals surface area (Å²) in [5.74, 6) is 7.13. The maximum atomic E-state index is 12.8. The second-order valence-electron chi connectivity index (χ2n) is 9.55. The van der Waals surface area contributed by atoms with Crippen molar-refractivity contribution in [3.8, 4) is 11.8 Å². The van der Waals surface area contributed by atoms with Gasteiger partial charge in [-0.05, 0) is 42.7 Å². The van der Waals surface area contributed by atoms with Crippen LogP contribution in [0.5, 0.6) is 0 Å². The molecule has 2 aromatic carbocycles. The van der Waals surface area contributed by atoms with Crippen LogP contribution in [0.25, 0.3) is 0 Å². The van der Waals surface area contributed by atoms with Gasteiger partial charge in [-0.1, -0.05) is 61.4 Å². The minimum Gasteiger partial charge on any atom is -0.394 e. The molecular weight excluding hydrogens is 426 g/mol. The number of benzene rings is 2. The Kier molecular flexibility index (Phi) is 6.55. The molecule has 2 heterocycles. The summed E-state index contributed by atoms with van der Waals surface area (Å²) in [5, 5.41) is 12.9. The predicted molar refractivity (Wildman–Crippen MR) is 131 cm³/mol. The Labute approximate surface area is 200 Å². The molecule has 3 aliphatic rings. The lowest BCUT2D eigenvalue weighted by atomic mass is 9.73. The molecule has 176 valence electrons. The monoisotopic (exact) mass is 457 g/mol. The van der Waals surface area contributed by atoms with Gasteiger partial charge < -0.3 is 20.2 Å². The number of rotatable bonds is 3. The molecule has 3 atom stereocenters. The van der Waals surface area contributed by atoms with E-state index in [9.17, 15) is 14.7 Å². The van der Waals surface area contributed by atoms with Crippen molar-refractivity contribution in [1.29, 1.82) is 0 Å². The highest BCUT2D eigenvalue weighted by molar-refractivity contribution is 5.93. The SMILES string of the molecule is O=C(Nc1ccccc1)N1CC(=O)N2[C@H](CO)[C@H](c3ccc(C#CC4CCCCC4)cc3)[C@@H]2C1. The number of urea groups is 1. The number of anilines is 1. The molecule has 6 heteroatoms. The Hall–Kier alpha value is -3.30. The molecule has 3 fully saturated rings. The quantitative estimate of drug-likeness (QED) is 0.689. The largest absolute Gasteiger partial charge is 0.394 e. The molecule has 1 aliphatic carbocycles. The smallest absolute Gasteiger partial charge is 0.322 e. The summed E-state index contributed by atoms with van der Waals surface area (Å²) in [6, 6.07) is 16.8. The zero-order valence-electron chi connectivity index (χ0n) is 19.3. The fourth-order valence-electron chi connectivity index (χ4n) is 5.60. The number of piperazine rings is 1. The first-order valence-corrected chi connectivity index (χ1v) is 12.3. The van der Waals surface area contributed by atoms with E-state index in [4.69, 9.17) is 0 Å². The van der Waals surface area contributed by atoms with Gasteiger partial charge in [0.15, 0.2) is 0 Å². The third kappa shape index (κ3) is 4.53. The number of aliphatic hydroxyl groups excluding tert-OH is 1. The van der Waals surface area contributed by atoms with Gasteiger partial charge in [0, 0.05) is 29.6 Å². The van der Waals surface area contributed by atoms with Crippen LogP contribution in [0.2, 0.25) is 0 Å². The van der Waals surface area contributed by atoms with E-state index in [1.807, 2.05) is 42.5 Å². The van der Waals surface area contributed by atoms with Crippen LogP contribution in [0.3, 0.4) is 0 Å². The Morgan fingerprint density at radius 1 is 1.03 bits per heavy atom. The molecule has 1 saturated carbocycles. The Bertz CT molecular complexity index is 1080. The summed E-state index contributed by atoms with van der Waals surface area (Å²) in [7, 11) is 0. The number of aliphatic hydroxyl groups is 1. The molecule has 2 aliphatic heterocycles. The number of carbonyl (C=O) groups excluding carboxylic acids is 2. The van der Waals surface area contributed by atoms with Crippen LogP contribution in [0.4, 0.5) is 10.5 Å². The van der Waals surface area contributed by atoms with E-state index in [1.54, 1.807) is 9.80 Å². The van der Waals surface area contributed by atoms with E-state index in [-0.39, 0.29) is 43.1 Å². The summed E-state index contributed by atoms with van der Waals surface area (Å²) in [4.78, 5) is 29.0. The van der Waals surface area contributed by atoms with Gasteiger partial charge in [0.25, 0.3) is 0 Å². The maximum absolute atomic E-state index is 12.8. The van der Waals surface area contributed by atoms with Crippen molar-refractivity contribution in [2.75, 3.05) is 25.0 Å². The number of carbonyl (C=O) groups is 2. The average molecular weight is 458 g/mol. The van der Waals surface area contributed by atoms with Gasteiger partial charge >= 0.3 is 6.03 Å². The number of hydrogen-bond donors (Lipinski definition) is 2. The number of hydrogen-bond acceptors (Lipinski definition) is 3. The number of para-hydroxylation sites is 1. The third-order valence-electron chi connectivity index (χ3n) is 7.39. The fraction of sp³-hybridized carbons (Fsp3) is 0.429. The number of nitrogens with one attached hydrogen (secondary N) is 1. The Balaban J connectivity index is 1.28. The standard InChI is InChI=1S/C28H31N3O3/c32-19-25-27(22-15-13-21(14-16-22)12-11-20-7-3-1-4-8-20)24-17-30(18-26(33)31(24)25)28(34)29-23-9-5-2-6-10-23/h2,5-6,9-10,13-16,20,24-25,27,32H,1,3-4,7-8,17-19H2,(H,29,34)/t24-,25+,27+/m0/s1. The Morgan fingerprint density at radius 3 is 2.47 bits per heavy atom. The highest BCUT2D eigenvalue weighted by Gasteiger charge is 2.54. The highest BCUT2D eigenvalue weighted by atomic mass is 16.3. The van der Waals surface area contributed by atoms with Crippen molar-refractivity contribution in [2.24, 2.45) is 5.92 Å². The van der Waals surface area contributed by atoms with Crippen molar-refractivity contribution < 1.29 is 14.7 Å². The van der Waals surface area contributed by atoms with E-state index in [1.165, 1.54) is 32.1 Å². The lowest BCUT2D eigenvalue weighted by Gasteiger charge is -2.58. The van der Waals surface area contributed by atoms with Gasteiger partial charge in [0.1, 0.15) is 6.54 Å². The van der Waals surface area contributed by atoms with Gasteiger partial charge in [-0.3, -0.25) is 4.79 Å². The minimum absolute atomic E-state index is 0.0124. The first kappa shape index (κ1) is 22.5. The number of nitrogens with zero attached hydrogens (tertiary/aromatic N) is 2. The predicted octanol–water partition coefficient (Wildman–Crippen LogP) is 3.82. The summed E-state index contributed by atoms with van der Waals surface area (Å²) in [6.07, 6.45) is 6.28. The molecule has 2 N–H and O–H groups in total. The number of fused-ring (bicyclic) bond motifs is 1. The zero-order chi connectivity index (χ0) is 23.5. The minimum atomic E-state index is -0.279. The highest BCUT2D eigenvalue weighted by Crippen LogP contribution is 2.43. The van der Waals surface area contributed by atoms with Crippen molar-refractivity contribution in [3.05, 3.63) is 65.7 Å². The molecule has 3 amide bonds. The molecule has 6 nitrogen and oxygen atoms in total. The summed E-state index contributed by atoms with van der Waals surface area (Å²) in [5.41, 5.74) is 2.77. The van der Waals surface area contributed by atoms with Crippen LogP contribution in [-0.2, 0) is 4.79 Å². The van der Waals surface area contributed by atoms with Gasteiger partial charge in [-0.2, -0.15) is 0 Å². The van der Waals surface area contributed by atoms with Gasteiger partial charge in [0.2, 0.25) is 5.91 Å². The fourth-order valence-corrected chi connectivity index (χ4v) is 5.60. The van der Waals surface area contributed by atoms with Crippen molar-refractivity contribution in [1.82, 2.24) is 9.80 Å². The van der Waals surface area contributed by atoms with Crippen LogP contribution < -0.4 is 5.32 Å². The molecule has 0 spiro atoms. The van der Waals surface area contributed by atoms with Crippen LogP contribution in [0.15, 0.2) is 54.6 Å². The summed E-state index contributed by atoms with van der Waals surface area (Å²) >= 11 is 0. The van der Waals surface area contributed by atoms with E-state index < -0.39 is 0 Å². The second-order valence-corrected chi connectivity index (χ2v) is 9.55. The van der Waals surface area contributed by atoms with Crippen molar-refractivity contribution in [2.45, 2.75) is 50.1 Å². The molecule has 2 saturated heterocycles. The normalized spacial score (nSPS) is 24.5. The molecule has 34 heavy (non-hydrogen) atoms. The van der Waals surface area contributed by atoms with Crippen molar-refractivity contribution in [3.63, 3.8) is 0 Å². The topological polar surface area (TPSA) is 72.9 Å². The van der Waals surface area contributed by atoms with Crippen LogP contribution >= 0.6 is 0 Å². The summed E-state index contributed by atoms with van der Waals surface area (Å²) < 4.78 is 0. The van der Waals surface area contributed by atoms with E-state index in [2.05, 4.69) is 29.3 Å². The van der Waals surface area contributed by atoms with Gasteiger partial charge in [0.05, 0.1) is 18.7 Å². The molecular formula is C28H31N3O3. The van der Waals surface area contributed by atoms with Crippen LogP contribution in [0, 0.1) is 17.8 Å². The zero-order valence-corrected chi connectivity index (χ0v) is 19.3. The van der Waals surface area contributed by atoms with Crippen LogP contribution in [-0.4, -0.2) is 58.6 Å². The van der Waals surface area contributed by atoms with Gasteiger partial charge in [-0.15, -0.1) is 0 Å². The van der Waals surface area contributed by atoms with E-state index in [0.29, 0.717) is 18.2 Å². The summed E-state index contributed by atoms with van der Waals surface area (Å²) in [6.45, 7) is 0.370. The molecule has 0 aromatic heterocycles. The van der Waals surface area contributed by atoms with E-state index >= 15 is 0 Å². The molecule has 0 unspecified atom stereocenters. The van der Waals surface area contributed by atoms with Crippen LogP contribution in [0.1, 0.15) is 49.1 Å². The first-order valence-electron chi connectivity index (χ1n) is 12.3. The molecule has 5 rings (SSSR count). The lowest BCUT2D eigenvalue weighted by molar-refractivity contribution is -0.159. The molecule has 2 aromatic rings. The number of amides is 3. The third-order valence-corrected chi connectivity index (χ3v) is 7.39. The average Bonchev–Trinajstić information content (AvgIpc) is 2.86. The Morgan fingerprint density at radius 2 is 1.76 bits per heavy atom. The first-order chi connectivity index (χ1) is 16.6. The second kappa shape index (κ2) is 9.90. The van der Waals surface area contributed by atoms with E-state index in [0.717, 1.165) is 11.1 Å². The lowest BCUT2D eigenvalue weighted by Crippen LogP contribution is -2.73.